The third-order valence-electron chi connectivity index (χ3n) is 2.45. The molecule has 18 heavy (non-hydrogen) atoms. The number of hydrogen-bond donors (Lipinski definition) is 0. The van der Waals surface area contributed by atoms with E-state index in [2.05, 4.69) is 9.97 Å². The summed E-state index contributed by atoms with van der Waals surface area (Å²) in [5.74, 6) is 0.449. The number of hydrogen-bond acceptors (Lipinski definition) is 3. The maximum Gasteiger partial charge on any atom is 0.227 e. The van der Waals surface area contributed by atoms with Crippen molar-refractivity contribution in [3.63, 3.8) is 0 Å². The highest BCUT2D eigenvalue weighted by Gasteiger charge is 2.12. The highest BCUT2D eigenvalue weighted by atomic mass is 35.5. The zero-order chi connectivity index (χ0) is 13.3. The maximum absolute atomic E-state index is 13.6. The van der Waals surface area contributed by atoms with Gasteiger partial charge in [0.25, 0.3) is 0 Å². The van der Waals surface area contributed by atoms with Crippen LogP contribution in [0.25, 0.3) is 0 Å². The molecule has 0 fully saturated rings. The van der Waals surface area contributed by atoms with Gasteiger partial charge in [-0.2, -0.15) is 4.98 Å². The minimum absolute atomic E-state index is 0.132. The standard InChI is InChI=1S/C13H12ClFN2O/c1-7-4-5-10(15)11(6-7)18-13-8(2)12(14)16-9(3)17-13/h4-6H,1-3H3. The Labute approximate surface area is 110 Å². The Kier molecular flexibility index (Phi) is 3.48. The lowest BCUT2D eigenvalue weighted by atomic mass is 10.2. The van der Waals surface area contributed by atoms with Crippen LogP contribution < -0.4 is 4.74 Å². The molecule has 1 heterocycles. The third-order valence-corrected chi connectivity index (χ3v) is 2.81. The molecule has 0 bridgehead atoms. The second-order valence-electron chi connectivity index (χ2n) is 4.03. The van der Waals surface area contributed by atoms with E-state index in [9.17, 15) is 4.39 Å². The molecule has 1 aromatic carbocycles. The van der Waals surface area contributed by atoms with Gasteiger partial charge in [0.05, 0.1) is 0 Å². The smallest absolute Gasteiger partial charge is 0.227 e. The van der Waals surface area contributed by atoms with E-state index in [1.807, 2.05) is 6.92 Å². The van der Waals surface area contributed by atoms with Crippen LogP contribution in [0.15, 0.2) is 18.2 Å². The first-order valence-corrected chi connectivity index (χ1v) is 5.80. The number of ether oxygens (including phenoxy) is 1. The largest absolute Gasteiger partial charge is 0.435 e. The molecule has 0 amide bonds. The Bertz CT molecular complexity index is 602. The van der Waals surface area contributed by atoms with Crippen molar-refractivity contribution in [1.29, 1.82) is 0 Å². The molecule has 1 aromatic heterocycles. The van der Waals surface area contributed by atoms with Gasteiger partial charge >= 0.3 is 0 Å². The molecular formula is C13H12ClFN2O. The van der Waals surface area contributed by atoms with Crippen LogP contribution in [-0.2, 0) is 0 Å². The average molecular weight is 267 g/mol. The van der Waals surface area contributed by atoms with Crippen molar-refractivity contribution in [2.45, 2.75) is 20.8 Å². The molecule has 2 rings (SSSR count). The van der Waals surface area contributed by atoms with Crippen LogP contribution in [-0.4, -0.2) is 9.97 Å². The van der Waals surface area contributed by atoms with Gasteiger partial charge in [0.2, 0.25) is 5.88 Å². The summed E-state index contributed by atoms with van der Waals surface area (Å²) >= 11 is 5.93. The molecule has 0 spiro atoms. The topological polar surface area (TPSA) is 35.0 Å². The summed E-state index contributed by atoms with van der Waals surface area (Å²) in [6, 6.07) is 4.64. The van der Waals surface area contributed by atoms with Gasteiger partial charge in [-0.1, -0.05) is 17.7 Å². The van der Waals surface area contributed by atoms with Crippen LogP contribution in [0, 0.1) is 26.6 Å². The second-order valence-corrected chi connectivity index (χ2v) is 4.39. The number of nitrogens with zero attached hydrogens (tertiary/aromatic N) is 2. The zero-order valence-electron chi connectivity index (χ0n) is 10.3. The number of halogens is 2. The van der Waals surface area contributed by atoms with Crippen LogP contribution in [0.2, 0.25) is 5.15 Å². The van der Waals surface area contributed by atoms with E-state index >= 15 is 0 Å². The quantitative estimate of drug-likeness (QED) is 0.771. The van der Waals surface area contributed by atoms with Crippen LogP contribution in [0.1, 0.15) is 17.0 Å². The van der Waals surface area contributed by atoms with Gasteiger partial charge in [-0.15, -0.1) is 0 Å². The molecule has 2 aromatic rings. The molecule has 0 N–H and O–H groups in total. The van der Waals surface area contributed by atoms with E-state index in [1.54, 1.807) is 26.0 Å². The minimum Gasteiger partial charge on any atom is -0.435 e. The summed E-state index contributed by atoms with van der Waals surface area (Å²) in [5.41, 5.74) is 1.49. The third kappa shape index (κ3) is 2.59. The molecule has 0 aliphatic rings. The van der Waals surface area contributed by atoms with E-state index in [1.165, 1.54) is 6.07 Å². The summed E-state index contributed by atoms with van der Waals surface area (Å²) < 4.78 is 19.1. The SMILES string of the molecule is Cc1ccc(F)c(Oc2nc(C)nc(Cl)c2C)c1. The van der Waals surface area contributed by atoms with E-state index in [0.717, 1.165) is 5.56 Å². The lowest BCUT2D eigenvalue weighted by Crippen LogP contribution is -1.99. The predicted octanol–water partition coefficient (Wildman–Crippen LogP) is 3.99. The van der Waals surface area contributed by atoms with Crippen LogP contribution in [0.4, 0.5) is 4.39 Å². The van der Waals surface area contributed by atoms with Crippen LogP contribution in [0.3, 0.4) is 0 Å². The predicted molar refractivity (Wildman–Crippen MR) is 67.7 cm³/mol. The van der Waals surface area contributed by atoms with Gasteiger partial charge in [0.1, 0.15) is 11.0 Å². The first-order valence-electron chi connectivity index (χ1n) is 5.42. The summed E-state index contributed by atoms with van der Waals surface area (Å²) in [4.78, 5) is 8.11. The van der Waals surface area contributed by atoms with Gasteiger partial charge in [-0.25, -0.2) is 9.37 Å². The number of rotatable bonds is 2. The van der Waals surface area contributed by atoms with Crippen molar-refractivity contribution in [2.75, 3.05) is 0 Å². The summed E-state index contributed by atoms with van der Waals surface area (Å²) in [6.45, 7) is 5.28. The van der Waals surface area contributed by atoms with E-state index in [0.29, 0.717) is 16.5 Å². The van der Waals surface area contributed by atoms with Crippen molar-refractivity contribution in [3.05, 3.63) is 46.1 Å². The molecule has 0 saturated heterocycles. The lowest BCUT2D eigenvalue weighted by molar-refractivity contribution is 0.421. The van der Waals surface area contributed by atoms with Gasteiger partial charge in [-0.05, 0) is 38.5 Å². The molecule has 0 saturated carbocycles. The Hall–Kier alpha value is -1.68. The first-order chi connectivity index (χ1) is 8.47. The molecule has 0 aliphatic carbocycles. The van der Waals surface area contributed by atoms with Gasteiger partial charge in [0.15, 0.2) is 11.6 Å². The fraction of sp³-hybridized carbons (Fsp3) is 0.231. The monoisotopic (exact) mass is 266 g/mol. The summed E-state index contributed by atoms with van der Waals surface area (Å²) in [7, 11) is 0. The minimum atomic E-state index is -0.438. The van der Waals surface area contributed by atoms with Crippen molar-refractivity contribution < 1.29 is 9.13 Å². The fourth-order valence-corrected chi connectivity index (χ4v) is 1.67. The summed E-state index contributed by atoms with van der Waals surface area (Å²) in [6.07, 6.45) is 0. The summed E-state index contributed by atoms with van der Waals surface area (Å²) in [5, 5.41) is 0.311. The Morgan fingerprint density at radius 2 is 1.89 bits per heavy atom. The van der Waals surface area contributed by atoms with Gasteiger partial charge in [0, 0.05) is 5.56 Å². The average Bonchev–Trinajstić information content (AvgIpc) is 2.30. The lowest BCUT2D eigenvalue weighted by Gasteiger charge is -2.10. The maximum atomic E-state index is 13.6. The fourth-order valence-electron chi connectivity index (χ4n) is 1.46. The molecule has 0 atom stereocenters. The highest BCUT2D eigenvalue weighted by molar-refractivity contribution is 6.30. The number of benzene rings is 1. The van der Waals surface area contributed by atoms with E-state index < -0.39 is 5.82 Å². The highest BCUT2D eigenvalue weighted by Crippen LogP contribution is 2.29. The molecule has 3 nitrogen and oxygen atoms in total. The van der Waals surface area contributed by atoms with Crippen molar-refractivity contribution >= 4 is 11.6 Å². The van der Waals surface area contributed by atoms with Crippen LogP contribution >= 0.6 is 11.6 Å². The molecular weight excluding hydrogens is 255 g/mol. The molecule has 0 radical (unpaired) electrons. The molecule has 94 valence electrons. The van der Waals surface area contributed by atoms with Crippen molar-refractivity contribution in [1.82, 2.24) is 9.97 Å². The first kappa shape index (κ1) is 12.8. The van der Waals surface area contributed by atoms with E-state index in [4.69, 9.17) is 16.3 Å². The number of aromatic nitrogens is 2. The second kappa shape index (κ2) is 4.90. The Balaban J connectivity index is 2.43. The van der Waals surface area contributed by atoms with Gasteiger partial charge in [-0.3, -0.25) is 0 Å². The van der Waals surface area contributed by atoms with E-state index in [-0.39, 0.29) is 11.6 Å². The Morgan fingerprint density at radius 1 is 1.17 bits per heavy atom. The van der Waals surface area contributed by atoms with Gasteiger partial charge < -0.3 is 4.74 Å². The van der Waals surface area contributed by atoms with Crippen molar-refractivity contribution in [3.8, 4) is 11.6 Å². The normalized spacial score (nSPS) is 10.5. The van der Waals surface area contributed by atoms with Crippen molar-refractivity contribution in [2.24, 2.45) is 0 Å². The van der Waals surface area contributed by atoms with Crippen LogP contribution in [0.5, 0.6) is 11.6 Å². The molecule has 0 unspecified atom stereocenters. The molecule has 5 heteroatoms. The molecule has 0 aliphatic heterocycles. The zero-order valence-corrected chi connectivity index (χ0v) is 11.0. The number of aryl methyl sites for hydroxylation is 2. The Morgan fingerprint density at radius 3 is 2.61 bits per heavy atom.